The van der Waals surface area contributed by atoms with E-state index in [4.69, 9.17) is 9.47 Å². The SMILES string of the molecule is CC(=O)Cc1cccc(Oc2ccc3nc(NCC4COC4)cn3n2)c1. The van der Waals surface area contributed by atoms with Gasteiger partial charge in [0.2, 0.25) is 5.88 Å². The van der Waals surface area contributed by atoms with Gasteiger partial charge < -0.3 is 14.8 Å². The molecule has 3 heterocycles. The standard InChI is InChI=1S/C19H20N4O3/c1-13(24)7-14-3-2-4-16(8-14)26-19-6-5-18-21-17(10-23(18)22-19)20-9-15-11-25-12-15/h2-6,8,10,15,20H,7,9,11-12H2,1H3. The second kappa shape index (κ2) is 7.13. The van der Waals surface area contributed by atoms with Crippen molar-refractivity contribution in [2.45, 2.75) is 13.3 Å². The number of anilines is 1. The molecule has 0 radical (unpaired) electrons. The molecule has 1 aliphatic heterocycles. The lowest BCUT2D eigenvalue weighted by atomic mass is 10.1. The van der Waals surface area contributed by atoms with Crippen LogP contribution in [0.15, 0.2) is 42.6 Å². The zero-order valence-corrected chi connectivity index (χ0v) is 14.5. The molecule has 4 rings (SSSR count). The quantitative estimate of drug-likeness (QED) is 0.704. The van der Waals surface area contributed by atoms with E-state index >= 15 is 0 Å². The van der Waals surface area contributed by atoms with E-state index < -0.39 is 0 Å². The number of benzene rings is 1. The first-order valence-corrected chi connectivity index (χ1v) is 8.60. The van der Waals surface area contributed by atoms with Crippen molar-refractivity contribution in [1.29, 1.82) is 0 Å². The minimum absolute atomic E-state index is 0.119. The van der Waals surface area contributed by atoms with Gasteiger partial charge in [0.25, 0.3) is 0 Å². The third-order valence-electron chi connectivity index (χ3n) is 4.15. The third-order valence-corrected chi connectivity index (χ3v) is 4.15. The Balaban J connectivity index is 1.47. The Morgan fingerprint density at radius 3 is 3.00 bits per heavy atom. The van der Waals surface area contributed by atoms with Gasteiger partial charge in [-0.05, 0) is 30.7 Å². The maximum atomic E-state index is 11.3. The van der Waals surface area contributed by atoms with Crippen LogP contribution in [-0.4, -0.2) is 40.1 Å². The van der Waals surface area contributed by atoms with E-state index in [-0.39, 0.29) is 5.78 Å². The van der Waals surface area contributed by atoms with E-state index in [2.05, 4.69) is 15.4 Å². The number of nitrogens with one attached hydrogen (secondary N) is 1. The van der Waals surface area contributed by atoms with Crippen LogP contribution in [0.25, 0.3) is 5.65 Å². The summed E-state index contributed by atoms with van der Waals surface area (Å²) < 4.78 is 12.7. The molecule has 1 N–H and O–H groups in total. The van der Waals surface area contributed by atoms with Crippen molar-refractivity contribution < 1.29 is 14.3 Å². The summed E-state index contributed by atoms with van der Waals surface area (Å²) in [5, 5.41) is 7.75. The molecule has 1 aromatic carbocycles. The Kier molecular flexibility index (Phi) is 4.53. The van der Waals surface area contributed by atoms with Gasteiger partial charge in [-0.2, -0.15) is 0 Å². The molecule has 0 aliphatic carbocycles. The number of rotatable bonds is 7. The minimum atomic E-state index is 0.119. The average Bonchev–Trinajstić information content (AvgIpc) is 2.95. The minimum Gasteiger partial charge on any atom is -0.438 e. The molecule has 0 atom stereocenters. The van der Waals surface area contributed by atoms with Crippen molar-refractivity contribution in [3.05, 3.63) is 48.2 Å². The highest BCUT2D eigenvalue weighted by atomic mass is 16.5. The van der Waals surface area contributed by atoms with Crippen molar-refractivity contribution in [3.63, 3.8) is 0 Å². The van der Waals surface area contributed by atoms with Crippen LogP contribution in [0.2, 0.25) is 0 Å². The second-order valence-electron chi connectivity index (χ2n) is 6.51. The fourth-order valence-electron chi connectivity index (χ4n) is 2.78. The van der Waals surface area contributed by atoms with Crippen LogP contribution in [0.3, 0.4) is 0 Å². The summed E-state index contributed by atoms with van der Waals surface area (Å²) in [4.78, 5) is 15.8. The number of carbonyl (C=O) groups excluding carboxylic acids is 1. The Bertz CT molecular complexity index is 933. The summed E-state index contributed by atoms with van der Waals surface area (Å²) in [7, 11) is 0. The zero-order chi connectivity index (χ0) is 17.9. The summed E-state index contributed by atoms with van der Waals surface area (Å²) >= 11 is 0. The number of carbonyl (C=O) groups is 1. The molecule has 0 unspecified atom stereocenters. The lowest BCUT2D eigenvalue weighted by Gasteiger charge is -2.25. The van der Waals surface area contributed by atoms with Crippen LogP contribution in [0.1, 0.15) is 12.5 Å². The lowest BCUT2D eigenvalue weighted by Crippen LogP contribution is -2.33. The molecule has 26 heavy (non-hydrogen) atoms. The number of fused-ring (bicyclic) bond motifs is 1. The molecule has 2 aromatic heterocycles. The summed E-state index contributed by atoms with van der Waals surface area (Å²) in [5.41, 5.74) is 1.67. The number of Topliss-reactive ketones (excluding diaryl/α,β-unsaturated/α-hetero) is 1. The molecule has 134 valence electrons. The highest BCUT2D eigenvalue weighted by Gasteiger charge is 2.18. The van der Waals surface area contributed by atoms with Gasteiger partial charge in [0.1, 0.15) is 17.4 Å². The molecule has 0 spiro atoms. The van der Waals surface area contributed by atoms with Crippen molar-refractivity contribution in [2.75, 3.05) is 25.1 Å². The van der Waals surface area contributed by atoms with E-state index in [9.17, 15) is 4.79 Å². The number of hydrogen-bond donors (Lipinski definition) is 1. The molecule has 7 nitrogen and oxygen atoms in total. The molecule has 0 saturated carbocycles. The van der Waals surface area contributed by atoms with Gasteiger partial charge >= 0.3 is 0 Å². The average molecular weight is 352 g/mol. The van der Waals surface area contributed by atoms with E-state index in [1.807, 2.05) is 36.5 Å². The summed E-state index contributed by atoms with van der Waals surface area (Å²) in [6, 6.07) is 11.1. The third kappa shape index (κ3) is 3.83. The van der Waals surface area contributed by atoms with E-state index in [1.54, 1.807) is 17.5 Å². The second-order valence-corrected chi connectivity index (χ2v) is 6.51. The fourth-order valence-corrected chi connectivity index (χ4v) is 2.78. The Morgan fingerprint density at radius 1 is 1.35 bits per heavy atom. The molecule has 1 fully saturated rings. The monoisotopic (exact) mass is 352 g/mol. The molecular weight excluding hydrogens is 332 g/mol. The normalized spacial score (nSPS) is 14.2. The smallest absolute Gasteiger partial charge is 0.237 e. The Labute approximate surface area is 151 Å². The highest BCUT2D eigenvalue weighted by Crippen LogP contribution is 2.22. The maximum absolute atomic E-state index is 11.3. The molecular formula is C19H20N4O3. The molecule has 0 bridgehead atoms. The largest absolute Gasteiger partial charge is 0.438 e. The van der Waals surface area contributed by atoms with Crippen LogP contribution < -0.4 is 10.1 Å². The summed E-state index contributed by atoms with van der Waals surface area (Å²) in [6.07, 6.45) is 2.24. The zero-order valence-electron chi connectivity index (χ0n) is 14.5. The number of hydrogen-bond acceptors (Lipinski definition) is 6. The van der Waals surface area contributed by atoms with E-state index in [1.165, 1.54) is 0 Å². The van der Waals surface area contributed by atoms with Crippen molar-refractivity contribution in [2.24, 2.45) is 5.92 Å². The lowest BCUT2D eigenvalue weighted by molar-refractivity contribution is -0.116. The first kappa shape index (κ1) is 16.5. The number of ketones is 1. The predicted molar refractivity (Wildman–Crippen MR) is 96.7 cm³/mol. The van der Waals surface area contributed by atoms with Crippen LogP contribution >= 0.6 is 0 Å². The number of ether oxygens (including phenoxy) is 2. The van der Waals surface area contributed by atoms with Crippen LogP contribution in [0.4, 0.5) is 5.82 Å². The van der Waals surface area contributed by atoms with E-state index in [0.717, 1.165) is 36.8 Å². The molecule has 1 saturated heterocycles. The molecule has 7 heteroatoms. The predicted octanol–water partition coefficient (Wildman–Crippen LogP) is 2.71. The number of imidazole rings is 1. The van der Waals surface area contributed by atoms with Gasteiger partial charge in [0.05, 0.1) is 19.4 Å². The highest BCUT2D eigenvalue weighted by molar-refractivity contribution is 5.78. The van der Waals surface area contributed by atoms with Gasteiger partial charge in [-0.3, -0.25) is 4.79 Å². The Morgan fingerprint density at radius 2 is 2.23 bits per heavy atom. The van der Waals surface area contributed by atoms with Crippen LogP contribution in [0.5, 0.6) is 11.6 Å². The van der Waals surface area contributed by atoms with Gasteiger partial charge in [0.15, 0.2) is 5.65 Å². The van der Waals surface area contributed by atoms with Crippen LogP contribution in [0, 0.1) is 5.92 Å². The first-order valence-electron chi connectivity index (χ1n) is 8.60. The molecule has 0 amide bonds. The summed E-state index contributed by atoms with van der Waals surface area (Å²) in [5.74, 6) is 2.57. The van der Waals surface area contributed by atoms with Crippen molar-refractivity contribution in [3.8, 4) is 11.6 Å². The first-order chi connectivity index (χ1) is 12.7. The van der Waals surface area contributed by atoms with Crippen molar-refractivity contribution in [1.82, 2.24) is 14.6 Å². The maximum Gasteiger partial charge on any atom is 0.237 e. The van der Waals surface area contributed by atoms with Crippen molar-refractivity contribution >= 4 is 17.2 Å². The number of nitrogens with zero attached hydrogens (tertiary/aromatic N) is 3. The fraction of sp³-hybridized carbons (Fsp3) is 0.316. The molecule has 1 aliphatic rings. The van der Waals surface area contributed by atoms with Gasteiger partial charge in [-0.1, -0.05) is 12.1 Å². The topological polar surface area (TPSA) is 77.8 Å². The van der Waals surface area contributed by atoms with Crippen LogP contribution in [-0.2, 0) is 16.0 Å². The Hall–Kier alpha value is -2.93. The van der Waals surface area contributed by atoms with Gasteiger partial charge in [-0.15, -0.1) is 5.10 Å². The molecule has 3 aromatic rings. The number of aromatic nitrogens is 3. The van der Waals surface area contributed by atoms with E-state index in [0.29, 0.717) is 24.0 Å². The van der Waals surface area contributed by atoms with Gasteiger partial charge in [0, 0.05) is 24.9 Å². The van der Waals surface area contributed by atoms with Gasteiger partial charge in [-0.25, -0.2) is 9.50 Å². The summed E-state index contributed by atoms with van der Waals surface area (Å²) in [6.45, 7) is 4.03.